The second kappa shape index (κ2) is 10.6. The third-order valence-corrected chi connectivity index (χ3v) is 7.24. The maximum atomic E-state index is 13.5. The fourth-order valence-corrected chi connectivity index (χ4v) is 5.21. The van der Waals surface area contributed by atoms with Crippen LogP contribution in [0.25, 0.3) is 0 Å². The molecule has 0 spiro atoms. The number of rotatable bonds is 9. The van der Waals surface area contributed by atoms with E-state index in [0.717, 1.165) is 31.2 Å². The van der Waals surface area contributed by atoms with Gasteiger partial charge in [0.25, 0.3) is 11.8 Å². The molecule has 1 saturated carbocycles. The molecule has 1 aromatic carbocycles. The first kappa shape index (κ1) is 25.5. The van der Waals surface area contributed by atoms with Crippen molar-refractivity contribution in [2.24, 2.45) is 0 Å². The Balaban J connectivity index is 1.47. The number of fused-ring (bicyclic) bond motifs is 1. The molecule has 36 heavy (non-hydrogen) atoms. The Kier molecular flexibility index (Phi) is 7.51. The summed E-state index contributed by atoms with van der Waals surface area (Å²) in [5.74, 6) is 0.398. The van der Waals surface area contributed by atoms with Gasteiger partial charge in [0.05, 0.1) is 27.1 Å². The highest BCUT2D eigenvalue weighted by molar-refractivity contribution is 6.07. The zero-order valence-electron chi connectivity index (χ0n) is 21.4. The highest BCUT2D eigenvalue weighted by Crippen LogP contribution is 2.30. The molecule has 10 nitrogen and oxygen atoms in total. The van der Waals surface area contributed by atoms with E-state index in [1.54, 1.807) is 36.7 Å². The number of likely N-dealkylation sites (N-methyl/N-ethyl adjacent to an activating group) is 1. The molecule has 2 aromatic rings. The molecule has 1 aliphatic carbocycles. The SMILES string of the molecule is CCN1C(=O)c2c(C(=O)NCCc3ccc(OC)cc3OC)ncn2C[C@@]1(C)C(=O)NC1CCCC1. The minimum absolute atomic E-state index is 0.0680. The molecule has 1 atom stereocenters. The van der Waals surface area contributed by atoms with Crippen molar-refractivity contribution in [3.63, 3.8) is 0 Å². The summed E-state index contributed by atoms with van der Waals surface area (Å²) in [5, 5.41) is 5.99. The fourth-order valence-electron chi connectivity index (χ4n) is 5.21. The van der Waals surface area contributed by atoms with E-state index in [4.69, 9.17) is 9.47 Å². The fraction of sp³-hybridized carbons (Fsp3) is 0.538. The van der Waals surface area contributed by atoms with Crippen LogP contribution in [0.15, 0.2) is 24.5 Å². The van der Waals surface area contributed by atoms with Crippen molar-refractivity contribution in [3.05, 3.63) is 41.5 Å². The average molecular weight is 498 g/mol. The molecule has 1 aliphatic heterocycles. The topological polar surface area (TPSA) is 115 Å². The van der Waals surface area contributed by atoms with Gasteiger partial charge in [0.2, 0.25) is 5.91 Å². The predicted octanol–water partition coefficient (Wildman–Crippen LogP) is 2.17. The van der Waals surface area contributed by atoms with Crippen molar-refractivity contribution in [2.45, 2.75) is 64.1 Å². The van der Waals surface area contributed by atoms with E-state index >= 15 is 0 Å². The van der Waals surface area contributed by atoms with Gasteiger partial charge < -0.3 is 29.6 Å². The summed E-state index contributed by atoms with van der Waals surface area (Å²) < 4.78 is 12.3. The van der Waals surface area contributed by atoms with Gasteiger partial charge >= 0.3 is 0 Å². The lowest BCUT2D eigenvalue weighted by atomic mass is 9.94. The Morgan fingerprint density at radius 1 is 1.19 bits per heavy atom. The molecule has 194 valence electrons. The summed E-state index contributed by atoms with van der Waals surface area (Å²) in [6.07, 6.45) is 6.14. The van der Waals surface area contributed by atoms with Gasteiger partial charge in [0.1, 0.15) is 22.7 Å². The normalized spacial score (nSPS) is 19.7. The molecule has 4 rings (SSSR count). The number of imidazole rings is 1. The molecular weight excluding hydrogens is 462 g/mol. The van der Waals surface area contributed by atoms with Crippen LogP contribution in [0.4, 0.5) is 0 Å². The minimum atomic E-state index is -1.05. The average Bonchev–Trinajstić information content (AvgIpc) is 3.54. The molecule has 1 fully saturated rings. The summed E-state index contributed by atoms with van der Waals surface area (Å²) in [6, 6.07) is 5.67. The summed E-state index contributed by atoms with van der Waals surface area (Å²) in [5.41, 5.74) is 0.143. The van der Waals surface area contributed by atoms with Crippen LogP contribution in [-0.2, 0) is 17.8 Å². The first-order chi connectivity index (χ1) is 17.3. The van der Waals surface area contributed by atoms with Gasteiger partial charge in [0.15, 0.2) is 5.69 Å². The van der Waals surface area contributed by atoms with Crippen LogP contribution >= 0.6 is 0 Å². The van der Waals surface area contributed by atoms with Gasteiger partial charge in [-0.2, -0.15) is 0 Å². The summed E-state index contributed by atoms with van der Waals surface area (Å²) in [4.78, 5) is 45.6. The van der Waals surface area contributed by atoms with E-state index < -0.39 is 11.4 Å². The maximum absolute atomic E-state index is 13.5. The van der Waals surface area contributed by atoms with Gasteiger partial charge in [-0.05, 0) is 44.7 Å². The minimum Gasteiger partial charge on any atom is -0.497 e. The maximum Gasteiger partial charge on any atom is 0.273 e. The summed E-state index contributed by atoms with van der Waals surface area (Å²) in [7, 11) is 3.17. The molecule has 0 radical (unpaired) electrons. The Labute approximate surface area is 211 Å². The number of hydrogen-bond donors (Lipinski definition) is 2. The molecule has 2 heterocycles. The Morgan fingerprint density at radius 2 is 1.94 bits per heavy atom. The Bertz CT molecular complexity index is 1140. The second-order valence-electron chi connectivity index (χ2n) is 9.53. The van der Waals surface area contributed by atoms with Crippen LogP contribution in [0.1, 0.15) is 66.1 Å². The third kappa shape index (κ3) is 4.76. The van der Waals surface area contributed by atoms with Gasteiger partial charge in [-0.15, -0.1) is 0 Å². The van der Waals surface area contributed by atoms with Crippen molar-refractivity contribution in [1.29, 1.82) is 0 Å². The lowest BCUT2D eigenvalue weighted by Gasteiger charge is -2.43. The van der Waals surface area contributed by atoms with Crippen LogP contribution in [0.5, 0.6) is 11.5 Å². The quantitative estimate of drug-likeness (QED) is 0.549. The van der Waals surface area contributed by atoms with Crippen LogP contribution in [-0.4, -0.2) is 71.1 Å². The highest BCUT2D eigenvalue weighted by Gasteiger charge is 2.48. The summed E-state index contributed by atoms with van der Waals surface area (Å²) >= 11 is 0. The van der Waals surface area contributed by atoms with Crippen molar-refractivity contribution in [3.8, 4) is 11.5 Å². The van der Waals surface area contributed by atoms with Crippen molar-refractivity contribution in [2.75, 3.05) is 27.3 Å². The number of nitrogens with one attached hydrogen (secondary N) is 2. The lowest BCUT2D eigenvalue weighted by molar-refractivity contribution is -0.133. The zero-order chi connectivity index (χ0) is 25.9. The number of benzene rings is 1. The third-order valence-electron chi connectivity index (χ3n) is 7.24. The lowest BCUT2D eigenvalue weighted by Crippen LogP contribution is -2.64. The molecule has 2 N–H and O–H groups in total. The van der Waals surface area contributed by atoms with E-state index in [0.29, 0.717) is 31.0 Å². The van der Waals surface area contributed by atoms with Crippen molar-refractivity contribution >= 4 is 17.7 Å². The van der Waals surface area contributed by atoms with E-state index in [9.17, 15) is 14.4 Å². The smallest absolute Gasteiger partial charge is 0.273 e. The number of aromatic nitrogens is 2. The molecular formula is C26H35N5O5. The number of carbonyl (C=O) groups excluding carboxylic acids is 3. The van der Waals surface area contributed by atoms with Crippen molar-refractivity contribution < 1.29 is 23.9 Å². The van der Waals surface area contributed by atoms with Gasteiger partial charge in [-0.3, -0.25) is 14.4 Å². The molecule has 0 unspecified atom stereocenters. The van der Waals surface area contributed by atoms with Gasteiger partial charge in [0, 0.05) is 25.2 Å². The largest absolute Gasteiger partial charge is 0.497 e. The standard InChI is InChI=1S/C26H35N5O5/c1-5-31-24(33)22-21(23(32)27-13-12-17-10-11-19(35-3)14-20(17)36-4)28-16-30(22)15-26(31,2)25(34)29-18-8-6-7-9-18/h10-11,14,16,18H,5-9,12-13,15H2,1-4H3,(H,27,32)(H,29,34)/t26-/m0/s1. The number of nitrogens with zero attached hydrogens (tertiary/aromatic N) is 3. The molecule has 10 heteroatoms. The molecule has 1 aromatic heterocycles. The predicted molar refractivity (Wildman–Crippen MR) is 133 cm³/mol. The molecule has 2 aliphatic rings. The number of hydrogen-bond acceptors (Lipinski definition) is 6. The second-order valence-corrected chi connectivity index (χ2v) is 9.53. The van der Waals surface area contributed by atoms with E-state index in [1.165, 1.54) is 6.33 Å². The monoisotopic (exact) mass is 497 g/mol. The van der Waals surface area contributed by atoms with Crippen LogP contribution in [0.2, 0.25) is 0 Å². The van der Waals surface area contributed by atoms with Gasteiger partial charge in [-0.25, -0.2) is 4.98 Å². The number of amides is 3. The number of methoxy groups -OCH3 is 2. The Morgan fingerprint density at radius 3 is 2.61 bits per heavy atom. The number of ether oxygens (including phenoxy) is 2. The number of carbonyl (C=O) groups is 3. The van der Waals surface area contributed by atoms with Crippen LogP contribution < -0.4 is 20.1 Å². The Hall–Kier alpha value is -3.56. The first-order valence-electron chi connectivity index (χ1n) is 12.5. The van der Waals surface area contributed by atoms with Crippen LogP contribution in [0.3, 0.4) is 0 Å². The van der Waals surface area contributed by atoms with Gasteiger partial charge in [-0.1, -0.05) is 18.9 Å². The van der Waals surface area contributed by atoms with E-state index in [1.807, 2.05) is 19.1 Å². The molecule has 0 saturated heterocycles. The van der Waals surface area contributed by atoms with Crippen LogP contribution in [0, 0.1) is 0 Å². The van der Waals surface area contributed by atoms with E-state index in [-0.39, 0.29) is 35.8 Å². The zero-order valence-corrected chi connectivity index (χ0v) is 21.4. The van der Waals surface area contributed by atoms with E-state index in [2.05, 4.69) is 15.6 Å². The molecule has 0 bridgehead atoms. The molecule has 3 amide bonds. The summed E-state index contributed by atoms with van der Waals surface area (Å²) in [6.45, 7) is 4.54. The highest BCUT2D eigenvalue weighted by atomic mass is 16.5. The first-order valence-corrected chi connectivity index (χ1v) is 12.5. The van der Waals surface area contributed by atoms with Crippen molar-refractivity contribution in [1.82, 2.24) is 25.1 Å².